The van der Waals surface area contributed by atoms with Gasteiger partial charge < -0.3 is 20.4 Å². The largest absolute Gasteiger partial charge is 0.357 e. The van der Waals surface area contributed by atoms with Gasteiger partial charge in [-0.25, -0.2) is 4.99 Å². The summed E-state index contributed by atoms with van der Waals surface area (Å²) >= 11 is 0. The average Bonchev–Trinajstić information content (AvgIpc) is 3.19. The van der Waals surface area contributed by atoms with Gasteiger partial charge >= 0.3 is 0 Å². The molecule has 0 bridgehead atoms. The van der Waals surface area contributed by atoms with E-state index in [1.54, 1.807) is 0 Å². The quantitative estimate of drug-likeness (QED) is 0.512. The second-order valence-electron chi connectivity index (χ2n) is 7.71. The first-order chi connectivity index (χ1) is 14.2. The molecule has 1 amide bonds. The Morgan fingerprint density at radius 1 is 1.00 bits per heavy atom. The van der Waals surface area contributed by atoms with Crippen molar-refractivity contribution in [1.29, 1.82) is 0 Å². The Bertz CT molecular complexity index is 666. The molecule has 0 spiro atoms. The van der Waals surface area contributed by atoms with Crippen LogP contribution < -0.4 is 15.5 Å². The number of nitrogens with one attached hydrogen (secondary N) is 2. The third-order valence-corrected chi connectivity index (χ3v) is 5.72. The molecule has 2 heterocycles. The van der Waals surface area contributed by atoms with Crippen LogP contribution in [0, 0.1) is 0 Å². The highest BCUT2D eigenvalue weighted by Gasteiger charge is 2.21. The second-order valence-corrected chi connectivity index (χ2v) is 7.71. The van der Waals surface area contributed by atoms with Gasteiger partial charge in [0.05, 0.1) is 6.54 Å². The summed E-state index contributed by atoms with van der Waals surface area (Å²) in [6.07, 6.45) is 1.62. The first-order valence-electron chi connectivity index (χ1n) is 11.1. The minimum Gasteiger partial charge on any atom is -0.357 e. The fraction of sp³-hybridized carbons (Fsp3) is 0.636. The van der Waals surface area contributed by atoms with Crippen molar-refractivity contribution in [2.45, 2.75) is 33.2 Å². The number of piperazine rings is 1. The number of carbonyl (C=O) groups is 1. The van der Waals surface area contributed by atoms with E-state index >= 15 is 0 Å². The van der Waals surface area contributed by atoms with E-state index in [0.717, 1.165) is 69.4 Å². The zero-order valence-electron chi connectivity index (χ0n) is 18.0. The SMILES string of the molecule is CCNC(=NCc1ccc(N2CCCC2=O)cc1)NCCN1CCN(CC)CC1. The first kappa shape index (κ1) is 21.6. The number of carbonyl (C=O) groups excluding carboxylic acids is 1. The topological polar surface area (TPSA) is 63.2 Å². The normalized spacial score (nSPS) is 19.0. The maximum atomic E-state index is 11.9. The zero-order valence-corrected chi connectivity index (χ0v) is 18.0. The van der Waals surface area contributed by atoms with Gasteiger partial charge in [-0.2, -0.15) is 0 Å². The molecule has 2 N–H and O–H groups in total. The molecule has 1 aromatic carbocycles. The summed E-state index contributed by atoms with van der Waals surface area (Å²) in [6.45, 7) is 14.3. The van der Waals surface area contributed by atoms with Gasteiger partial charge in [-0.1, -0.05) is 19.1 Å². The molecular formula is C22H36N6O. The lowest BCUT2D eigenvalue weighted by molar-refractivity contribution is -0.117. The third-order valence-electron chi connectivity index (χ3n) is 5.72. The summed E-state index contributed by atoms with van der Waals surface area (Å²) in [5.41, 5.74) is 2.14. The molecule has 7 nitrogen and oxygen atoms in total. The van der Waals surface area contributed by atoms with Crippen molar-refractivity contribution >= 4 is 17.6 Å². The number of hydrogen-bond acceptors (Lipinski definition) is 4. The van der Waals surface area contributed by atoms with Gasteiger partial charge in [-0.15, -0.1) is 0 Å². The van der Waals surface area contributed by atoms with Crippen LogP contribution in [0.5, 0.6) is 0 Å². The van der Waals surface area contributed by atoms with Gasteiger partial charge in [0.15, 0.2) is 5.96 Å². The van der Waals surface area contributed by atoms with Gasteiger partial charge in [-0.05, 0) is 37.6 Å². The molecule has 3 rings (SSSR count). The molecule has 0 radical (unpaired) electrons. The predicted molar refractivity (Wildman–Crippen MR) is 119 cm³/mol. The van der Waals surface area contributed by atoms with E-state index in [0.29, 0.717) is 13.0 Å². The van der Waals surface area contributed by atoms with Crippen molar-refractivity contribution in [2.75, 3.05) is 63.8 Å². The molecule has 160 valence electrons. The fourth-order valence-corrected chi connectivity index (χ4v) is 3.88. The van der Waals surface area contributed by atoms with Crippen molar-refractivity contribution in [3.05, 3.63) is 29.8 Å². The van der Waals surface area contributed by atoms with E-state index in [-0.39, 0.29) is 5.91 Å². The highest BCUT2D eigenvalue weighted by molar-refractivity contribution is 5.95. The summed E-state index contributed by atoms with van der Waals surface area (Å²) in [6, 6.07) is 8.21. The molecule has 1 aromatic rings. The second kappa shape index (κ2) is 11.2. The number of guanidine groups is 1. The van der Waals surface area contributed by atoms with Crippen LogP contribution >= 0.6 is 0 Å². The summed E-state index contributed by atoms with van der Waals surface area (Å²) in [5, 5.41) is 6.78. The Labute approximate surface area is 175 Å². The maximum Gasteiger partial charge on any atom is 0.227 e. The Morgan fingerprint density at radius 3 is 2.34 bits per heavy atom. The molecule has 2 fully saturated rings. The molecule has 2 aliphatic heterocycles. The fourth-order valence-electron chi connectivity index (χ4n) is 3.88. The van der Waals surface area contributed by atoms with Gasteiger partial charge in [0.25, 0.3) is 0 Å². The van der Waals surface area contributed by atoms with Crippen LogP contribution in [-0.4, -0.2) is 80.6 Å². The van der Waals surface area contributed by atoms with Crippen LogP contribution in [0.3, 0.4) is 0 Å². The lowest BCUT2D eigenvalue weighted by atomic mass is 10.2. The lowest BCUT2D eigenvalue weighted by Crippen LogP contribution is -2.49. The van der Waals surface area contributed by atoms with Gasteiger partial charge in [0.1, 0.15) is 0 Å². The highest BCUT2D eigenvalue weighted by atomic mass is 16.2. The summed E-state index contributed by atoms with van der Waals surface area (Å²) in [4.78, 5) is 23.5. The average molecular weight is 401 g/mol. The monoisotopic (exact) mass is 400 g/mol. The molecule has 2 aliphatic rings. The highest BCUT2D eigenvalue weighted by Crippen LogP contribution is 2.21. The number of amides is 1. The van der Waals surface area contributed by atoms with Crippen LogP contribution in [0.2, 0.25) is 0 Å². The predicted octanol–water partition coefficient (Wildman–Crippen LogP) is 1.51. The Morgan fingerprint density at radius 2 is 1.72 bits per heavy atom. The molecule has 0 saturated carbocycles. The Balaban J connectivity index is 1.45. The molecule has 0 unspecified atom stereocenters. The molecule has 0 aliphatic carbocycles. The minimum atomic E-state index is 0.227. The van der Waals surface area contributed by atoms with Crippen molar-refractivity contribution in [1.82, 2.24) is 20.4 Å². The number of aliphatic imine (C=N–C) groups is 1. The number of nitrogens with zero attached hydrogens (tertiary/aromatic N) is 4. The van der Waals surface area contributed by atoms with Crippen LogP contribution in [0.4, 0.5) is 5.69 Å². The van der Waals surface area contributed by atoms with Gasteiger partial charge in [0.2, 0.25) is 5.91 Å². The number of benzene rings is 1. The maximum absolute atomic E-state index is 11.9. The minimum absolute atomic E-state index is 0.227. The number of anilines is 1. The van der Waals surface area contributed by atoms with Crippen molar-refractivity contribution in [3.63, 3.8) is 0 Å². The molecule has 0 atom stereocenters. The lowest BCUT2D eigenvalue weighted by Gasteiger charge is -2.34. The molecule has 0 aromatic heterocycles. The van der Waals surface area contributed by atoms with Crippen LogP contribution in [0.25, 0.3) is 0 Å². The van der Waals surface area contributed by atoms with E-state index < -0.39 is 0 Å². The van der Waals surface area contributed by atoms with Crippen molar-refractivity contribution in [2.24, 2.45) is 4.99 Å². The molecule has 7 heteroatoms. The van der Waals surface area contributed by atoms with E-state index in [1.165, 1.54) is 13.1 Å². The molecule has 2 saturated heterocycles. The summed E-state index contributed by atoms with van der Waals surface area (Å²) in [5.74, 6) is 1.09. The van der Waals surface area contributed by atoms with Crippen molar-refractivity contribution in [3.8, 4) is 0 Å². The molecule has 29 heavy (non-hydrogen) atoms. The van der Waals surface area contributed by atoms with Gasteiger partial charge in [0, 0.05) is 64.5 Å². The van der Waals surface area contributed by atoms with Crippen LogP contribution in [-0.2, 0) is 11.3 Å². The van der Waals surface area contributed by atoms with Gasteiger partial charge in [-0.3, -0.25) is 9.69 Å². The van der Waals surface area contributed by atoms with Crippen LogP contribution in [0.15, 0.2) is 29.3 Å². The number of likely N-dealkylation sites (N-methyl/N-ethyl adjacent to an activating group) is 1. The first-order valence-corrected chi connectivity index (χ1v) is 11.1. The third kappa shape index (κ3) is 6.44. The van der Waals surface area contributed by atoms with E-state index in [2.05, 4.69) is 46.4 Å². The standard InChI is InChI=1S/C22H36N6O/c1-3-23-22(24-11-13-27-16-14-26(4-2)15-17-27)25-18-19-7-9-20(10-8-19)28-12-5-6-21(28)29/h7-10H,3-6,11-18H2,1-2H3,(H2,23,24,25). The van der Waals surface area contributed by atoms with Crippen LogP contribution in [0.1, 0.15) is 32.3 Å². The molecular weight excluding hydrogens is 364 g/mol. The summed E-state index contributed by atoms with van der Waals surface area (Å²) in [7, 11) is 0. The summed E-state index contributed by atoms with van der Waals surface area (Å²) < 4.78 is 0. The Kier molecular flexibility index (Phi) is 8.31. The van der Waals surface area contributed by atoms with E-state index in [1.807, 2.05) is 17.0 Å². The van der Waals surface area contributed by atoms with Crippen molar-refractivity contribution < 1.29 is 4.79 Å². The number of rotatable bonds is 8. The zero-order chi connectivity index (χ0) is 20.5. The van der Waals surface area contributed by atoms with E-state index in [4.69, 9.17) is 4.99 Å². The smallest absolute Gasteiger partial charge is 0.227 e. The van der Waals surface area contributed by atoms with E-state index in [9.17, 15) is 4.79 Å². The Hall–Kier alpha value is -2.12. The number of hydrogen-bond donors (Lipinski definition) is 2.